The minimum absolute atomic E-state index is 0.104. The van der Waals surface area contributed by atoms with Gasteiger partial charge in [-0.2, -0.15) is 0 Å². The van der Waals surface area contributed by atoms with E-state index in [1.54, 1.807) is 13.0 Å². The molecule has 0 saturated carbocycles. The quantitative estimate of drug-likeness (QED) is 0.808. The van der Waals surface area contributed by atoms with Gasteiger partial charge < -0.3 is 5.32 Å². The minimum Gasteiger partial charge on any atom is -0.323 e. The van der Waals surface area contributed by atoms with Crippen LogP contribution in [0.25, 0.3) is 0 Å². The van der Waals surface area contributed by atoms with Gasteiger partial charge in [0.1, 0.15) is 5.82 Å². The number of amides is 1. The third-order valence-corrected chi connectivity index (χ3v) is 4.11. The Hall–Kier alpha value is -1.62. The number of hydrogen-bond donors (Lipinski definition) is 2. The van der Waals surface area contributed by atoms with Gasteiger partial charge in [0.05, 0.1) is 16.8 Å². The molecule has 0 fully saturated rings. The zero-order valence-electron chi connectivity index (χ0n) is 12.7. The fourth-order valence-electron chi connectivity index (χ4n) is 2.20. The van der Waals surface area contributed by atoms with Gasteiger partial charge in [-0.3, -0.25) is 10.1 Å². The smallest absolute Gasteiger partial charge is 0.241 e. The number of hydrogen-bond acceptors (Lipinski definition) is 2. The second-order valence-electron chi connectivity index (χ2n) is 5.24. The fraction of sp³-hybridized carbons (Fsp3) is 0.235. The average Bonchev–Trinajstić information content (AvgIpc) is 2.50. The number of carbonyl (C=O) groups is 1. The highest BCUT2D eigenvalue weighted by Crippen LogP contribution is 2.24. The van der Waals surface area contributed by atoms with Crippen LogP contribution in [-0.2, 0) is 4.79 Å². The van der Waals surface area contributed by atoms with Crippen LogP contribution >= 0.6 is 23.2 Å². The summed E-state index contributed by atoms with van der Waals surface area (Å²) in [5.74, 6) is -0.719. The van der Waals surface area contributed by atoms with Crippen molar-refractivity contribution in [2.24, 2.45) is 0 Å². The van der Waals surface area contributed by atoms with Crippen molar-refractivity contribution in [3.63, 3.8) is 0 Å². The summed E-state index contributed by atoms with van der Waals surface area (Å²) in [5, 5.41) is 6.65. The summed E-state index contributed by atoms with van der Waals surface area (Å²) in [5.41, 5.74) is 1.28. The van der Waals surface area contributed by atoms with E-state index in [9.17, 15) is 9.18 Å². The Morgan fingerprint density at radius 1 is 1.09 bits per heavy atom. The second kappa shape index (κ2) is 7.77. The van der Waals surface area contributed by atoms with Crippen LogP contribution in [0.1, 0.15) is 25.5 Å². The van der Waals surface area contributed by atoms with Gasteiger partial charge >= 0.3 is 0 Å². The molecule has 0 aromatic heterocycles. The van der Waals surface area contributed by atoms with Crippen LogP contribution in [0.2, 0.25) is 10.0 Å². The molecule has 2 aromatic carbocycles. The van der Waals surface area contributed by atoms with Crippen LogP contribution < -0.4 is 10.6 Å². The molecule has 0 aliphatic heterocycles. The SMILES string of the molecule is C[C@H](N[C@H](C)C(=O)Nc1ccc(F)cc1Cl)c1ccccc1Cl. The predicted molar refractivity (Wildman–Crippen MR) is 92.5 cm³/mol. The van der Waals surface area contributed by atoms with Crippen molar-refractivity contribution in [2.45, 2.75) is 25.9 Å². The van der Waals surface area contributed by atoms with Gasteiger partial charge in [0, 0.05) is 11.1 Å². The Balaban J connectivity index is 2.01. The first-order valence-electron chi connectivity index (χ1n) is 7.15. The predicted octanol–water partition coefficient (Wildman–Crippen LogP) is 4.81. The Morgan fingerprint density at radius 3 is 2.43 bits per heavy atom. The van der Waals surface area contributed by atoms with Crippen molar-refractivity contribution in [1.82, 2.24) is 5.32 Å². The molecule has 0 spiro atoms. The maximum absolute atomic E-state index is 13.0. The van der Waals surface area contributed by atoms with Crippen molar-refractivity contribution < 1.29 is 9.18 Å². The molecule has 0 bridgehead atoms. The van der Waals surface area contributed by atoms with E-state index < -0.39 is 11.9 Å². The van der Waals surface area contributed by atoms with Crippen molar-refractivity contribution >= 4 is 34.8 Å². The molecule has 0 radical (unpaired) electrons. The van der Waals surface area contributed by atoms with E-state index in [0.717, 1.165) is 11.6 Å². The van der Waals surface area contributed by atoms with Crippen LogP contribution in [0, 0.1) is 5.82 Å². The molecule has 2 atom stereocenters. The minimum atomic E-state index is -0.484. The van der Waals surface area contributed by atoms with Crippen LogP contribution in [-0.4, -0.2) is 11.9 Å². The van der Waals surface area contributed by atoms with Gasteiger partial charge in [-0.1, -0.05) is 41.4 Å². The number of anilines is 1. The zero-order chi connectivity index (χ0) is 17.0. The van der Waals surface area contributed by atoms with E-state index in [0.29, 0.717) is 10.7 Å². The van der Waals surface area contributed by atoms with Gasteiger partial charge in [0.25, 0.3) is 0 Å². The lowest BCUT2D eigenvalue weighted by atomic mass is 10.1. The molecular formula is C17H17Cl2FN2O. The largest absolute Gasteiger partial charge is 0.323 e. The van der Waals surface area contributed by atoms with E-state index in [4.69, 9.17) is 23.2 Å². The molecule has 0 heterocycles. The molecule has 3 nitrogen and oxygen atoms in total. The molecule has 2 aromatic rings. The van der Waals surface area contributed by atoms with E-state index in [1.807, 2.05) is 25.1 Å². The highest BCUT2D eigenvalue weighted by molar-refractivity contribution is 6.33. The van der Waals surface area contributed by atoms with Gasteiger partial charge in [-0.05, 0) is 43.7 Å². The summed E-state index contributed by atoms with van der Waals surface area (Å²) < 4.78 is 13.0. The maximum Gasteiger partial charge on any atom is 0.241 e. The summed E-state index contributed by atoms with van der Waals surface area (Å²) in [6, 6.07) is 10.7. The number of carbonyl (C=O) groups excluding carboxylic acids is 1. The normalized spacial score (nSPS) is 13.4. The zero-order valence-corrected chi connectivity index (χ0v) is 14.3. The Kier molecular flexibility index (Phi) is 5.99. The van der Waals surface area contributed by atoms with Gasteiger partial charge in [0.15, 0.2) is 0 Å². The summed E-state index contributed by atoms with van der Waals surface area (Å²) >= 11 is 12.1. The van der Waals surface area contributed by atoms with Crippen LogP contribution in [0.15, 0.2) is 42.5 Å². The van der Waals surface area contributed by atoms with E-state index >= 15 is 0 Å². The van der Waals surface area contributed by atoms with Crippen LogP contribution in [0.5, 0.6) is 0 Å². The second-order valence-corrected chi connectivity index (χ2v) is 6.06. The highest BCUT2D eigenvalue weighted by Gasteiger charge is 2.18. The molecule has 1 amide bonds. The standard InChI is InChI=1S/C17H17Cl2FN2O/c1-10(13-5-3-4-6-14(13)18)21-11(2)17(23)22-16-8-7-12(20)9-15(16)19/h3-11,21H,1-2H3,(H,22,23)/t10-,11+/m0/s1. The van der Waals surface area contributed by atoms with Crippen LogP contribution in [0.3, 0.4) is 0 Å². The highest BCUT2D eigenvalue weighted by atomic mass is 35.5. The molecule has 0 unspecified atom stereocenters. The van der Waals surface area contributed by atoms with Crippen molar-refractivity contribution in [3.8, 4) is 0 Å². The molecule has 6 heteroatoms. The van der Waals surface area contributed by atoms with Crippen molar-refractivity contribution in [2.75, 3.05) is 5.32 Å². The lowest BCUT2D eigenvalue weighted by Gasteiger charge is -2.21. The first-order chi connectivity index (χ1) is 10.9. The van der Waals surface area contributed by atoms with Crippen LogP contribution in [0.4, 0.5) is 10.1 Å². The molecule has 2 rings (SSSR count). The van der Waals surface area contributed by atoms with E-state index in [2.05, 4.69) is 10.6 Å². The molecule has 0 saturated heterocycles. The van der Waals surface area contributed by atoms with E-state index in [1.165, 1.54) is 12.1 Å². The molecule has 0 aliphatic rings. The molecular weight excluding hydrogens is 338 g/mol. The number of benzene rings is 2. The number of rotatable bonds is 5. The lowest BCUT2D eigenvalue weighted by Crippen LogP contribution is -2.39. The average molecular weight is 355 g/mol. The maximum atomic E-state index is 13.0. The van der Waals surface area contributed by atoms with Gasteiger partial charge in [-0.15, -0.1) is 0 Å². The molecule has 23 heavy (non-hydrogen) atoms. The van der Waals surface area contributed by atoms with Gasteiger partial charge in [-0.25, -0.2) is 4.39 Å². The molecule has 122 valence electrons. The molecule has 2 N–H and O–H groups in total. The van der Waals surface area contributed by atoms with Crippen molar-refractivity contribution in [3.05, 3.63) is 63.9 Å². The van der Waals surface area contributed by atoms with E-state index in [-0.39, 0.29) is 17.0 Å². The Morgan fingerprint density at radius 2 is 1.78 bits per heavy atom. The monoisotopic (exact) mass is 354 g/mol. The topological polar surface area (TPSA) is 41.1 Å². The summed E-state index contributed by atoms with van der Waals surface area (Å²) in [4.78, 5) is 12.2. The summed E-state index contributed by atoms with van der Waals surface area (Å²) in [7, 11) is 0. The van der Waals surface area contributed by atoms with Gasteiger partial charge in [0.2, 0.25) is 5.91 Å². The third-order valence-electron chi connectivity index (χ3n) is 3.45. The Bertz CT molecular complexity index is 709. The fourth-order valence-corrected chi connectivity index (χ4v) is 2.71. The lowest BCUT2D eigenvalue weighted by molar-refractivity contribution is -0.117. The third kappa shape index (κ3) is 4.67. The number of halogens is 3. The summed E-state index contributed by atoms with van der Waals surface area (Å²) in [6.45, 7) is 3.66. The number of nitrogens with one attached hydrogen (secondary N) is 2. The van der Waals surface area contributed by atoms with Crippen molar-refractivity contribution in [1.29, 1.82) is 0 Å². The first kappa shape index (κ1) is 17.7. The molecule has 0 aliphatic carbocycles. The summed E-state index contributed by atoms with van der Waals surface area (Å²) in [6.07, 6.45) is 0. The first-order valence-corrected chi connectivity index (χ1v) is 7.90. The Labute approximate surface area is 144 Å².